The van der Waals surface area contributed by atoms with Gasteiger partial charge >= 0.3 is 0 Å². The fraction of sp³-hybridized carbons (Fsp3) is 0.294. The van der Waals surface area contributed by atoms with E-state index in [4.69, 9.17) is 16.3 Å². The number of ether oxygens (including phenoxy) is 1. The molecule has 112 valence electrons. The predicted molar refractivity (Wildman–Crippen MR) is 92.3 cm³/mol. The monoisotopic (exact) mass is 367 g/mol. The first-order valence-corrected chi connectivity index (χ1v) is 8.24. The normalized spacial score (nSPS) is 12.2. The highest BCUT2D eigenvalue weighted by atomic mass is 79.9. The van der Waals surface area contributed by atoms with Gasteiger partial charge in [0.25, 0.3) is 0 Å². The SMILES string of the molecule is CCNC(c1ccc(Cl)cc1Br)c1ccccc1OCC. The van der Waals surface area contributed by atoms with E-state index in [-0.39, 0.29) is 6.04 Å². The second-order valence-electron chi connectivity index (χ2n) is 4.63. The van der Waals surface area contributed by atoms with Crippen molar-refractivity contribution >= 4 is 27.5 Å². The molecule has 2 aromatic carbocycles. The fourth-order valence-corrected chi connectivity index (χ4v) is 3.24. The highest BCUT2D eigenvalue weighted by Gasteiger charge is 2.19. The maximum Gasteiger partial charge on any atom is 0.124 e. The lowest BCUT2D eigenvalue weighted by Crippen LogP contribution is -2.23. The van der Waals surface area contributed by atoms with E-state index >= 15 is 0 Å². The van der Waals surface area contributed by atoms with Crippen LogP contribution in [0.4, 0.5) is 0 Å². The van der Waals surface area contributed by atoms with Gasteiger partial charge in [-0.15, -0.1) is 0 Å². The Kier molecular flexibility index (Phi) is 6.09. The molecule has 0 aliphatic heterocycles. The molecule has 1 N–H and O–H groups in total. The van der Waals surface area contributed by atoms with E-state index in [0.717, 1.165) is 32.9 Å². The zero-order valence-electron chi connectivity index (χ0n) is 12.2. The first kappa shape index (κ1) is 16.3. The Morgan fingerprint density at radius 2 is 1.90 bits per heavy atom. The average Bonchev–Trinajstić information content (AvgIpc) is 2.47. The molecule has 0 heterocycles. The second kappa shape index (κ2) is 7.83. The van der Waals surface area contributed by atoms with E-state index in [1.807, 2.05) is 43.3 Å². The van der Waals surface area contributed by atoms with Gasteiger partial charge in [0, 0.05) is 15.1 Å². The number of hydrogen-bond acceptors (Lipinski definition) is 2. The molecule has 0 aliphatic rings. The highest BCUT2D eigenvalue weighted by molar-refractivity contribution is 9.10. The Hall–Kier alpha value is -1.03. The van der Waals surface area contributed by atoms with Gasteiger partial charge in [-0.1, -0.05) is 58.7 Å². The zero-order valence-corrected chi connectivity index (χ0v) is 14.5. The Balaban J connectivity index is 2.48. The summed E-state index contributed by atoms with van der Waals surface area (Å²) in [6.45, 7) is 5.61. The zero-order chi connectivity index (χ0) is 15.2. The molecule has 0 bridgehead atoms. The summed E-state index contributed by atoms with van der Waals surface area (Å²) in [5.74, 6) is 0.910. The minimum absolute atomic E-state index is 0.0596. The van der Waals surface area contributed by atoms with Gasteiger partial charge in [0.2, 0.25) is 0 Å². The fourth-order valence-electron chi connectivity index (χ4n) is 2.33. The Labute approximate surface area is 139 Å². The molecule has 4 heteroatoms. The molecule has 0 aliphatic carbocycles. The number of rotatable bonds is 6. The van der Waals surface area contributed by atoms with Crippen LogP contribution in [0.1, 0.15) is 31.0 Å². The standard InChI is InChI=1S/C17H19BrClNO/c1-3-20-17(13-10-9-12(19)11-15(13)18)14-7-5-6-8-16(14)21-4-2/h5-11,17,20H,3-4H2,1-2H3. The van der Waals surface area contributed by atoms with Crippen molar-refractivity contribution in [3.05, 3.63) is 63.1 Å². The summed E-state index contributed by atoms with van der Waals surface area (Å²) in [5.41, 5.74) is 2.28. The third-order valence-electron chi connectivity index (χ3n) is 3.21. The largest absolute Gasteiger partial charge is 0.494 e. The Morgan fingerprint density at radius 3 is 2.57 bits per heavy atom. The number of para-hydroxylation sites is 1. The van der Waals surface area contributed by atoms with Crippen LogP contribution in [-0.2, 0) is 0 Å². The van der Waals surface area contributed by atoms with Crippen LogP contribution in [-0.4, -0.2) is 13.2 Å². The molecule has 2 aromatic rings. The summed E-state index contributed by atoms with van der Waals surface area (Å²) in [7, 11) is 0. The molecule has 0 saturated heterocycles. The minimum Gasteiger partial charge on any atom is -0.494 e. The molecule has 0 amide bonds. The lowest BCUT2D eigenvalue weighted by atomic mass is 9.97. The third-order valence-corrected chi connectivity index (χ3v) is 4.13. The lowest BCUT2D eigenvalue weighted by Gasteiger charge is -2.23. The Morgan fingerprint density at radius 1 is 1.14 bits per heavy atom. The molecular formula is C17H19BrClNO. The molecule has 0 radical (unpaired) electrons. The van der Waals surface area contributed by atoms with Crippen molar-refractivity contribution in [3.63, 3.8) is 0 Å². The van der Waals surface area contributed by atoms with Crippen LogP contribution in [0.2, 0.25) is 5.02 Å². The van der Waals surface area contributed by atoms with Gasteiger partial charge < -0.3 is 10.1 Å². The van der Waals surface area contributed by atoms with Crippen LogP contribution >= 0.6 is 27.5 Å². The summed E-state index contributed by atoms with van der Waals surface area (Å²) in [6.07, 6.45) is 0. The van der Waals surface area contributed by atoms with Crippen LogP contribution in [0.5, 0.6) is 5.75 Å². The molecule has 2 rings (SSSR count). The van der Waals surface area contributed by atoms with E-state index < -0.39 is 0 Å². The van der Waals surface area contributed by atoms with Gasteiger partial charge in [-0.3, -0.25) is 0 Å². The lowest BCUT2D eigenvalue weighted by molar-refractivity contribution is 0.333. The van der Waals surface area contributed by atoms with Crippen molar-refractivity contribution in [2.75, 3.05) is 13.2 Å². The summed E-state index contributed by atoms with van der Waals surface area (Å²) in [5, 5.41) is 4.24. The molecule has 1 atom stereocenters. The van der Waals surface area contributed by atoms with Gasteiger partial charge in [0.05, 0.1) is 12.6 Å². The maximum atomic E-state index is 6.05. The minimum atomic E-state index is 0.0596. The molecule has 1 unspecified atom stereocenters. The molecule has 21 heavy (non-hydrogen) atoms. The van der Waals surface area contributed by atoms with Crippen molar-refractivity contribution in [1.29, 1.82) is 0 Å². The first-order chi connectivity index (χ1) is 10.2. The van der Waals surface area contributed by atoms with Crippen LogP contribution in [0.25, 0.3) is 0 Å². The highest BCUT2D eigenvalue weighted by Crippen LogP contribution is 2.34. The van der Waals surface area contributed by atoms with Gasteiger partial charge in [0.1, 0.15) is 5.75 Å². The number of hydrogen-bond donors (Lipinski definition) is 1. The van der Waals surface area contributed by atoms with Crippen LogP contribution in [0.15, 0.2) is 46.9 Å². The third kappa shape index (κ3) is 4.00. The van der Waals surface area contributed by atoms with E-state index in [1.165, 1.54) is 0 Å². The average molecular weight is 369 g/mol. The van der Waals surface area contributed by atoms with Gasteiger partial charge in [-0.2, -0.15) is 0 Å². The number of nitrogens with one attached hydrogen (secondary N) is 1. The van der Waals surface area contributed by atoms with E-state index in [1.54, 1.807) is 0 Å². The van der Waals surface area contributed by atoms with Crippen molar-refractivity contribution in [2.45, 2.75) is 19.9 Å². The van der Waals surface area contributed by atoms with Crippen molar-refractivity contribution < 1.29 is 4.74 Å². The van der Waals surface area contributed by atoms with Crippen LogP contribution in [0.3, 0.4) is 0 Å². The van der Waals surface area contributed by atoms with E-state index in [9.17, 15) is 0 Å². The maximum absolute atomic E-state index is 6.05. The smallest absolute Gasteiger partial charge is 0.124 e. The van der Waals surface area contributed by atoms with Gasteiger partial charge in [0.15, 0.2) is 0 Å². The van der Waals surface area contributed by atoms with Gasteiger partial charge in [-0.05, 0) is 37.2 Å². The number of halogens is 2. The molecule has 2 nitrogen and oxygen atoms in total. The predicted octanol–water partition coefficient (Wildman–Crippen LogP) is 5.20. The first-order valence-electron chi connectivity index (χ1n) is 7.07. The van der Waals surface area contributed by atoms with E-state index in [0.29, 0.717) is 6.61 Å². The van der Waals surface area contributed by atoms with E-state index in [2.05, 4.69) is 34.2 Å². The summed E-state index contributed by atoms with van der Waals surface area (Å²) < 4.78 is 6.76. The van der Waals surface area contributed by atoms with Crippen LogP contribution in [0, 0.1) is 0 Å². The van der Waals surface area contributed by atoms with Crippen molar-refractivity contribution in [1.82, 2.24) is 5.32 Å². The molecule has 0 aromatic heterocycles. The summed E-state index contributed by atoms with van der Waals surface area (Å²) in [6, 6.07) is 14.1. The van der Waals surface area contributed by atoms with Crippen molar-refractivity contribution in [3.8, 4) is 5.75 Å². The molecule has 0 fully saturated rings. The topological polar surface area (TPSA) is 21.3 Å². The molecule has 0 saturated carbocycles. The summed E-state index contributed by atoms with van der Waals surface area (Å²) in [4.78, 5) is 0. The van der Waals surface area contributed by atoms with Crippen LogP contribution < -0.4 is 10.1 Å². The second-order valence-corrected chi connectivity index (χ2v) is 5.92. The number of benzene rings is 2. The Bertz CT molecular complexity index is 603. The quantitative estimate of drug-likeness (QED) is 0.756. The molecular weight excluding hydrogens is 350 g/mol. The summed E-state index contributed by atoms with van der Waals surface area (Å²) >= 11 is 9.66. The van der Waals surface area contributed by atoms with Crippen molar-refractivity contribution in [2.24, 2.45) is 0 Å². The van der Waals surface area contributed by atoms with Gasteiger partial charge in [-0.25, -0.2) is 0 Å². The molecule has 0 spiro atoms.